The van der Waals surface area contributed by atoms with Crippen LogP contribution in [0.5, 0.6) is 0 Å². The fourth-order valence-corrected chi connectivity index (χ4v) is 3.40. The molecule has 0 unspecified atom stereocenters. The molecule has 12 heteroatoms. The molecule has 0 aromatic heterocycles. The molecule has 0 heterocycles. The Balaban J connectivity index is 1.91. The van der Waals surface area contributed by atoms with Gasteiger partial charge in [-0.1, -0.05) is 88.4 Å². The minimum atomic E-state index is -1.87. The molecule has 2 aromatic rings. The zero-order valence-electron chi connectivity index (χ0n) is 23.4. The van der Waals surface area contributed by atoms with Gasteiger partial charge in [0.05, 0.1) is 0 Å². The Morgan fingerprint density at radius 1 is 0.659 bits per heavy atom. The Bertz CT molecular complexity index is 1150. The Morgan fingerprint density at radius 2 is 1.07 bits per heavy atom. The van der Waals surface area contributed by atoms with Crippen LogP contribution in [0.25, 0.3) is 0 Å². The predicted molar refractivity (Wildman–Crippen MR) is 145 cm³/mol. The van der Waals surface area contributed by atoms with E-state index in [1.54, 1.807) is 76.2 Å². The lowest BCUT2D eigenvalue weighted by molar-refractivity contribution is -0.173. The van der Waals surface area contributed by atoms with Crippen molar-refractivity contribution in [3.8, 4) is 0 Å². The summed E-state index contributed by atoms with van der Waals surface area (Å²) in [6, 6.07) is 15.4. The smallest absolute Gasteiger partial charge is 0.408 e. The number of carbonyl (C=O) groups excluding carboxylic acids is 4. The molecule has 12 nitrogen and oxygen atoms in total. The van der Waals surface area contributed by atoms with Crippen LogP contribution in [0.1, 0.15) is 38.8 Å². The second-order valence-electron chi connectivity index (χ2n) is 9.75. The van der Waals surface area contributed by atoms with Crippen molar-refractivity contribution < 1.29 is 48.0 Å². The number of alkyl carbamates (subject to hydrolysis) is 2. The predicted octanol–water partition coefficient (Wildman–Crippen LogP) is 3.43. The fourth-order valence-electron chi connectivity index (χ4n) is 3.40. The molecular weight excluding hydrogens is 536 g/mol. The minimum Gasteiger partial charge on any atom is -0.478 e. The van der Waals surface area contributed by atoms with Crippen molar-refractivity contribution in [1.82, 2.24) is 10.6 Å². The highest BCUT2D eigenvalue weighted by molar-refractivity contribution is 5.85. The number of rotatable bonds is 14. The third-order valence-corrected chi connectivity index (χ3v) is 5.72. The van der Waals surface area contributed by atoms with Crippen molar-refractivity contribution in [3.05, 3.63) is 71.8 Å². The summed E-state index contributed by atoms with van der Waals surface area (Å²) in [5.41, 5.74) is 1.48. The van der Waals surface area contributed by atoms with Crippen LogP contribution in [0, 0.1) is 11.8 Å². The third-order valence-electron chi connectivity index (χ3n) is 5.72. The number of aliphatic carboxylic acids is 1. The summed E-state index contributed by atoms with van der Waals surface area (Å²) < 4.78 is 20.4. The average Bonchev–Trinajstić information content (AvgIpc) is 2.94. The van der Waals surface area contributed by atoms with E-state index in [0.29, 0.717) is 0 Å². The lowest BCUT2D eigenvalue weighted by Gasteiger charge is -2.24. The van der Waals surface area contributed by atoms with Gasteiger partial charge in [-0.15, -0.1) is 0 Å². The number of amides is 2. The van der Waals surface area contributed by atoms with E-state index in [9.17, 15) is 29.1 Å². The van der Waals surface area contributed by atoms with E-state index in [4.69, 9.17) is 18.9 Å². The summed E-state index contributed by atoms with van der Waals surface area (Å²) in [5, 5.41) is 14.3. The number of hydrogen-bond donors (Lipinski definition) is 3. The maximum atomic E-state index is 12.8. The third kappa shape index (κ3) is 11.6. The van der Waals surface area contributed by atoms with Crippen LogP contribution in [-0.4, -0.2) is 60.0 Å². The highest BCUT2D eigenvalue weighted by Gasteiger charge is 2.33. The van der Waals surface area contributed by atoms with Crippen LogP contribution in [0.3, 0.4) is 0 Å². The van der Waals surface area contributed by atoms with Crippen LogP contribution in [0.2, 0.25) is 0 Å². The quantitative estimate of drug-likeness (QED) is 0.225. The van der Waals surface area contributed by atoms with Gasteiger partial charge in [0.1, 0.15) is 31.9 Å². The summed E-state index contributed by atoms with van der Waals surface area (Å²) in [4.78, 5) is 61.7. The van der Waals surface area contributed by atoms with Crippen LogP contribution < -0.4 is 10.6 Å². The van der Waals surface area contributed by atoms with Crippen LogP contribution in [-0.2, 0) is 46.5 Å². The summed E-state index contributed by atoms with van der Waals surface area (Å²) in [6.07, 6.45) is -3.63. The van der Waals surface area contributed by atoms with Crippen molar-refractivity contribution in [3.63, 3.8) is 0 Å². The molecule has 0 spiro atoms. The number of nitrogens with one attached hydrogen (secondary N) is 2. The minimum absolute atomic E-state index is 0.0194. The molecular formula is C29H36N2O10. The van der Waals surface area contributed by atoms with Gasteiger partial charge in [0.15, 0.2) is 0 Å². The van der Waals surface area contributed by atoms with E-state index in [1.165, 1.54) is 0 Å². The maximum absolute atomic E-state index is 12.8. The second-order valence-corrected chi connectivity index (χ2v) is 9.75. The van der Waals surface area contributed by atoms with Crippen molar-refractivity contribution in [1.29, 1.82) is 0 Å². The molecule has 0 saturated heterocycles. The first kappa shape index (κ1) is 32.6. The number of ether oxygens (including phenoxy) is 4. The monoisotopic (exact) mass is 572 g/mol. The fraction of sp³-hybridized carbons (Fsp3) is 0.414. The molecule has 0 saturated carbocycles. The van der Waals surface area contributed by atoms with Gasteiger partial charge >= 0.3 is 30.1 Å². The van der Waals surface area contributed by atoms with E-state index < -0.39 is 66.7 Å². The standard InChI is InChI=1S/C29H36N2O10/c1-18(2)23(30-28(36)39-15-20-11-7-5-8-12-20)26(34)38-17-22(25(32)33)41-27(35)24(19(3)4)31-29(37)40-16-21-13-9-6-10-14-21/h5-14,18-19,22-24H,15-17H2,1-4H3,(H,30,36)(H,31,37)(H,32,33)/t22-,23+,24+/m1/s1. The van der Waals surface area contributed by atoms with Gasteiger partial charge in [0.2, 0.25) is 6.10 Å². The number of carboxylic acids is 1. The van der Waals surface area contributed by atoms with Gasteiger partial charge in [-0.2, -0.15) is 0 Å². The molecule has 0 fully saturated rings. The van der Waals surface area contributed by atoms with Crippen LogP contribution >= 0.6 is 0 Å². The largest absolute Gasteiger partial charge is 0.478 e. The van der Waals surface area contributed by atoms with Gasteiger partial charge in [-0.25, -0.2) is 24.0 Å². The molecule has 3 atom stereocenters. The summed E-state index contributed by atoms with van der Waals surface area (Å²) in [6.45, 7) is 5.65. The number of hydrogen-bond acceptors (Lipinski definition) is 9. The summed E-state index contributed by atoms with van der Waals surface area (Å²) in [5.74, 6) is -4.49. The van der Waals surface area contributed by atoms with E-state index >= 15 is 0 Å². The molecule has 222 valence electrons. The Kier molecular flexibility index (Phi) is 13.1. The van der Waals surface area contributed by atoms with Crippen molar-refractivity contribution >= 4 is 30.1 Å². The first-order valence-corrected chi connectivity index (χ1v) is 13.0. The number of benzene rings is 2. The molecule has 0 aliphatic heterocycles. The van der Waals surface area contributed by atoms with Crippen LogP contribution in [0.4, 0.5) is 9.59 Å². The number of esters is 2. The molecule has 0 radical (unpaired) electrons. The van der Waals surface area contributed by atoms with Gasteiger partial charge < -0.3 is 34.7 Å². The van der Waals surface area contributed by atoms with E-state index in [-0.39, 0.29) is 13.2 Å². The van der Waals surface area contributed by atoms with Gasteiger partial charge in [-0.3, -0.25) is 0 Å². The van der Waals surface area contributed by atoms with Gasteiger partial charge in [-0.05, 0) is 23.0 Å². The Labute approximate surface area is 238 Å². The molecule has 41 heavy (non-hydrogen) atoms. The van der Waals surface area contributed by atoms with Crippen LogP contribution in [0.15, 0.2) is 60.7 Å². The first-order valence-electron chi connectivity index (χ1n) is 13.0. The highest BCUT2D eigenvalue weighted by atomic mass is 16.6. The number of carboxylic acid groups (broad SMARTS) is 1. The van der Waals surface area contributed by atoms with Gasteiger partial charge in [0, 0.05) is 0 Å². The molecule has 0 aliphatic rings. The average molecular weight is 573 g/mol. The lowest BCUT2D eigenvalue weighted by Crippen LogP contribution is -2.49. The Morgan fingerprint density at radius 3 is 1.46 bits per heavy atom. The van der Waals surface area contributed by atoms with Crippen molar-refractivity contribution in [2.45, 2.75) is 59.1 Å². The summed E-state index contributed by atoms with van der Waals surface area (Å²) in [7, 11) is 0. The molecule has 2 amide bonds. The molecule has 3 N–H and O–H groups in total. The SMILES string of the molecule is CC(C)[C@H](NC(=O)OCc1ccccc1)C(=O)OC[C@@H](OC(=O)[C@@H](NC(=O)OCc1ccccc1)C(C)C)C(=O)O. The van der Waals surface area contributed by atoms with E-state index in [1.807, 2.05) is 12.1 Å². The van der Waals surface area contributed by atoms with E-state index in [0.717, 1.165) is 11.1 Å². The zero-order valence-corrected chi connectivity index (χ0v) is 23.4. The molecule has 2 rings (SSSR count). The van der Waals surface area contributed by atoms with Gasteiger partial charge in [0.25, 0.3) is 0 Å². The van der Waals surface area contributed by atoms with Crippen molar-refractivity contribution in [2.75, 3.05) is 6.61 Å². The second kappa shape index (κ2) is 16.5. The molecule has 2 aromatic carbocycles. The zero-order chi connectivity index (χ0) is 30.4. The normalized spacial score (nSPS) is 12.9. The molecule has 0 aliphatic carbocycles. The highest BCUT2D eigenvalue weighted by Crippen LogP contribution is 2.11. The first-order chi connectivity index (χ1) is 19.5. The van der Waals surface area contributed by atoms with E-state index in [2.05, 4.69) is 10.6 Å². The molecule has 0 bridgehead atoms. The topological polar surface area (TPSA) is 167 Å². The maximum Gasteiger partial charge on any atom is 0.408 e. The Hall–Kier alpha value is -4.61. The number of carbonyl (C=O) groups is 5. The summed E-state index contributed by atoms with van der Waals surface area (Å²) >= 11 is 0. The lowest BCUT2D eigenvalue weighted by atomic mass is 10.0. The van der Waals surface area contributed by atoms with Crippen molar-refractivity contribution in [2.24, 2.45) is 11.8 Å².